The van der Waals surface area contributed by atoms with E-state index in [-0.39, 0.29) is 36.0 Å². The number of thiophene rings is 1. The summed E-state index contributed by atoms with van der Waals surface area (Å²) in [5.74, 6) is 0.0286. The zero-order chi connectivity index (χ0) is 19.0. The lowest BCUT2D eigenvalue weighted by Gasteiger charge is -2.41. The molecule has 3 heterocycles. The molecule has 150 valence electrons. The topological polar surface area (TPSA) is 95.8 Å². The van der Waals surface area contributed by atoms with Crippen molar-refractivity contribution in [3.05, 3.63) is 39.3 Å². The second-order valence-electron chi connectivity index (χ2n) is 6.90. The van der Waals surface area contributed by atoms with Crippen molar-refractivity contribution in [3.8, 4) is 0 Å². The normalized spacial score (nSPS) is 20.1. The Morgan fingerprint density at radius 2 is 2.11 bits per heavy atom. The average molecular weight is 425 g/mol. The van der Waals surface area contributed by atoms with Gasteiger partial charge in [-0.2, -0.15) is 0 Å². The number of likely N-dealkylation sites (tertiary alicyclic amines) is 1. The lowest BCUT2D eigenvalue weighted by molar-refractivity contribution is -0.384. The molecule has 2 aromatic rings. The molecule has 0 spiro atoms. The van der Waals surface area contributed by atoms with E-state index in [1.807, 2.05) is 9.80 Å². The lowest BCUT2D eigenvalue weighted by Crippen LogP contribution is -2.57. The third kappa shape index (κ3) is 3.96. The molecular formula is C18H21ClN4O4S. The number of rotatable bonds is 3. The van der Waals surface area contributed by atoms with Crippen molar-refractivity contribution < 1.29 is 14.5 Å². The van der Waals surface area contributed by atoms with Crippen LogP contribution >= 0.6 is 23.7 Å². The van der Waals surface area contributed by atoms with Crippen LogP contribution in [0.25, 0.3) is 10.1 Å². The Labute approximate surface area is 172 Å². The number of halogens is 1. The van der Waals surface area contributed by atoms with Crippen LogP contribution in [0.15, 0.2) is 24.3 Å². The number of benzene rings is 1. The summed E-state index contributed by atoms with van der Waals surface area (Å²) in [7, 11) is 0. The summed E-state index contributed by atoms with van der Waals surface area (Å²) in [5, 5.41) is 14.7. The number of fused-ring (bicyclic) bond motifs is 1. The Morgan fingerprint density at radius 3 is 2.86 bits per heavy atom. The van der Waals surface area contributed by atoms with Crippen LogP contribution in [-0.4, -0.2) is 65.3 Å². The van der Waals surface area contributed by atoms with E-state index in [2.05, 4.69) is 5.32 Å². The number of non-ortho nitro benzene ring substituents is 1. The first-order chi connectivity index (χ1) is 13.0. The Bertz CT molecular complexity index is 918. The second-order valence-corrected chi connectivity index (χ2v) is 7.98. The predicted molar refractivity (Wildman–Crippen MR) is 109 cm³/mol. The van der Waals surface area contributed by atoms with Gasteiger partial charge in [0.2, 0.25) is 5.91 Å². The number of carbonyl (C=O) groups is 2. The SMILES string of the molecule is Cl.O=C(c1cc2cc([N+](=O)[O-])ccc2s1)N1CCCC(N2CCNCC2=O)C1. The van der Waals surface area contributed by atoms with Gasteiger partial charge in [-0.05, 0) is 25.0 Å². The van der Waals surface area contributed by atoms with Gasteiger partial charge in [0.05, 0.1) is 16.3 Å². The molecule has 2 aliphatic rings. The highest BCUT2D eigenvalue weighted by Gasteiger charge is 2.32. The van der Waals surface area contributed by atoms with Crippen LogP contribution in [0.5, 0.6) is 0 Å². The third-order valence-corrected chi connectivity index (χ3v) is 6.28. The maximum atomic E-state index is 13.0. The molecule has 0 aliphatic carbocycles. The molecular weight excluding hydrogens is 404 g/mol. The number of piperidine rings is 1. The highest BCUT2D eigenvalue weighted by molar-refractivity contribution is 7.20. The van der Waals surface area contributed by atoms with Crippen LogP contribution in [0.4, 0.5) is 5.69 Å². The average Bonchev–Trinajstić information content (AvgIpc) is 3.11. The fraction of sp³-hybridized carbons (Fsp3) is 0.444. The molecule has 1 aromatic heterocycles. The van der Waals surface area contributed by atoms with Gasteiger partial charge in [0, 0.05) is 54.4 Å². The van der Waals surface area contributed by atoms with Crippen molar-refractivity contribution in [3.63, 3.8) is 0 Å². The molecule has 0 saturated carbocycles. The van der Waals surface area contributed by atoms with E-state index in [1.165, 1.54) is 23.5 Å². The molecule has 0 radical (unpaired) electrons. The van der Waals surface area contributed by atoms with Crippen molar-refractivity contribution in [1.82, 2.24) is 15.1 Å². The first-order valence-corrected chi connectivity index (χ1v) is 9.82. The Kier molecular flexibility index (Phi) is 6.17. The number of nitrogens with zero attached hydrogens (tertiary/aromatic N) is 3. The highest BCUT2D eigenvalue weighted by atomic mass is 35.5. The van der Waals surface area contributed by atoms with E-state index in [1.54, 1.807) is 12.1 Å². The summed E-state index contributed by atoms with van der Waals surface area (Å²) in [5.41, 5.74) is 0.0227. The maximum absolute atomic E-state index is 13.0. The minimum absolute atomic E-state index is 0. The number of nitro groups is 1. The van der Waals surface area contributed by atoms with Gasteiger partial charge in [-0.3, -0.25) is 19.7 Å². The number of amides is 2. The van der Waals surface area contributed by atoms with Crippen LogP contribution in [0.1, 0.15) is 22.5 Å². The first-order valence-electron chi connectivity index (χ1n) is 9.00. The van der Waals surface area contributed by atoms with Crippen molar-refractivity contribution in [2.45, 2.75) is 18.9 Å². The highest BCUT2D eigenvalue weighted by Crippen LogP contribution is 2.30. The van der Waals surface area contributed by atoms with Gasteiger partial charge >= 0.3 is 0 Å². The number of nitrogens with one attached hydrogen (secondary N) is 1. The van der Waals surface area contributed by atoms with E-state index in [0.717, 1.165) is 24.1 Å². The van der Waals surface area contributed by atoms with Crippen LogP contribution in [0, 0.1) is 10.1 Å². The van der Waals surface area contributed by atoms with Gasteiger partial charge in [0.15, 0.2) is 0 Å². The van der Waals surface area contributed by atoms with Crippen molar-refractivity contribution >= 4 is 51.3 Å². The summed E-state index contributed by atoms with van der Waals surface area (Å²) in [4.78, 5) is 39.9. The smallest absolute Gasteiger partial charge is 0.270 e. The van der Waals surface area contributed by atoms with E-state index < -0.39 is 4.92 Å². The van der Waals surface area contributed by atoms with Crippen LogP contribution in [0.3, 0.4) is 0 Å². The predicted octanol–water partition coefficient (Wildman–Crippen LogP) is 2.27. The monoisotopic (exact) mass is 424 g/mol. The Hall–Kier alpha value is -2.23. The van der Waals surface area contributed by atoms with Gasteiger partial charge in [0.1, 0.15) is 0 Å². The largest absolute Gasteiger partial charge is 0.336 e. The van der Waals surface area contributed by atoms with Crippen LogP contribution in [0.2, 0.25) is 0 Å². The summed E-state index contributed by atoms with van der Waals surface area (Å²) in [6.07, 6.45) is 1.78. The molecule has 1 unspecified atom stereocenters. The zero-order valence-electron chi connectivity index (χ0n) is 15.1. The number of nitro benzene ring substituents is 1. The first kappa shape index (κ1) is 20.5. The van der Waals surface area contributed by atoms with Gasteiger partial charge in [-0.15, -0.1) is 23.7 Å². The number of hydrogen-bond donors (Lipinski definition) is 1. The molecule has 2 aliphatic heterocycles. The van der Waals surface area contributed by atoms with Gasteiger partial charge in [-0.1, -0.05) is 0 Å². The lowest BCUT2D eigenvalue weighted by atomic mass is 10.0. The molecule has 28 heavy (non-hydrogen) atoms. The number of carbonyl (C=O) groups excluding carboxylic acids is 2. The minimum atomic E-state index is -0.432. The van der Waals surface area contributed by atoms with Crippen molar-refractivity contribution in [2.75, 3.05) is 32.7 Å². The van der Waals surface area contributed by atoms with Gasteiger partial charge in [-0.25, -0.2) is 0 Å². The number of hydrogen-bond acceptors (Lipinski definition) is 6. The molecule has 2 saturated heterocycles. The zero-order valence-corrected chi connectivity index (χ0v) is 16.8. The fourth-order valence-electron chi connectivity index (χ4n) is 3.81. The summed E-state index contributed by atoms with van der Waals surface area (Å²) in [6.45, 7) is 3.03. The number of piperazine rings is 1. The molecule has 10 heteroatoms. The van der Waals surface area contributed by atoms with E-state index >= 15 is 0 Å². The molecule has 1 atom stereocenters. The Balaban J connectivity index is 0.00000225. The molecule has 1 N–H and O–H groups in total. The summed E-state index contributed by atoms with van der Waals surface area (Å²) < 4.78 is 0.856. The molecule has 2 amide bonds. The van der Waals surface area contributed by atoms with E-state index in [4.69, 9.17) is 0 Å². The summed E-state index contributed by atoms with van der Waals surface area (Å²) in [6, 6.07) is 6.44. The van der Waals surface area contributed by atoms with Crippen molar-refractivity contribution in [2.24, 2.45) is 0 Å². The van der Waals surface area contributed by atoms with Crippen molar-refractivity contribution in [1.29, 1.82) is 0 Å². The quantitative estimate of drug-likeness (QED) is 0.602. The van der Waals surface area contributed by atoms with Gasteiger partial charge in [0.25, 0.3) is 11.6 Å². The molecule has 8 nitrogen and oxygen atoms in total. The van der Waals surface area contributed by atoms with Gasteiger partial charge < -0.3 is 15.1 Å². The molecule has 4 rings (SSSR count). The Morgan fingerprint density at radius 1 is 1.29 bits per heavy atom. The third-order valence-electron chi connectivity index (χ3n) is 5.17. The second kappa shape index (κ2) is 8.42. The van der Waals surface area contributed by atoms with E-state index in [9.17, 15) is 19.7 Å². The van der Waals surface area contributed by atoms with E-state index in [0.29, 0.717) is 36.4 Å². The minimum Gasteiger partial charge on any atom is -0.336 e. The van der Waals surface area contributed by atoms with Crippen LogP contribution < -0.4 is 5.32 Å². The molecule has 2 fully saturated rings. The molecule has 0 bridgehead atoms. The standard InChI is InChI=1S/C18H20N4O4S.ClH/c23-17-10-19-5-7-21(17)14-2-1-6-20(11-14)18(24)16-9-12-8-13(22(25)26)3-4-15(12)27-16;/h3-4,8-9,14,19H,1-2,5-7,10-11H2;1H. The molecule has 1 aromatic carbocycles. The maximum Gasteiger partial charge on any atom is 0.270 e. The fourth-order valence-corrected chi connectivity index (χ4v) is 4.82. The van der Waals surface area contributed by atoms with Crippen LogP contribution in [-0.2, 0) is 4.79 Å². The summed E-state index contributed by atoms with van der Waals surface area (Å²) >= 11 is 1.35.